The molecule has 0 saturated carbocycles. The van der Waals surface area contributed by atoms with Gasteiger partial charge in [-0.2, -0.15) is 0 Å². The number of nitrogens with zero attached hydrogens (tertiary/aromatic N) is 5. The van der Waals surface area contributed by atoms with E-state index in [4.69, 9.17) is 4.42 Å². The van der Waals surface area contributed by atoms with Crippen molar-refractivity contribution in [3.63, 3.8) is 0 Å². The zero-order valence-electron chi connectivity index (χ0n) is 15.8. The van der Waals surface area contributed by atoms with E-state index in [2.05, 4.69) is 22.0 Å². The number of aryl methyl sites for hydroxylation is 1. The molecule has 1 unspecified atom stereocenters. The second-order valence-corrected chi connectivity index (χ2v) is 7.25. The van der Waals surface area contributed by atoms with E-state index in [0.717, 1.165) is 39.0 Å². The third-order valence-corrected chi connectivity index (χ3v) is 5.17. The van der Waals surface area contributed by atoms with E-state index in [9.17, 15) is 9.59 Å². The van der Waals surface area contributed by atoms with Gasteiger partial charge in [-0.3, -0.25) is 14.5 Å². The summed E-state index contributed by atoms with van der Waals surface area (Å²) in [5.41, 5.74) is 0. The number of aromatic nitrogens is 2. The summed E-state index contributed by atoms with van der Waals surface area (Å²) in [6, 6.07) is 0. The molecule has 8 nitrogen and oxygen atoms in total. The van der Waals surface area contributed by atoms with Crippen LogP contribution in [0.25, 0.3) is 0 Å². The van der Waals surface area contributed by atoms with Crippen LogP contribution in [0, 0.1) is 12.8 Å². The average molecular weight is 363 g/mol. The van der Waals surface area contributed by atoms with Crippen molar-refractivity contribution >= 4 is 11.8 Å². The van der Waals surface area contributed by atoms with Crippen molar-refractivity contribution in [3.05, 3.63) is 11.8 Å². The van der Waals surface area contributed by atoms with Gasteiger partial charge in [0.05, 0.1) is 12.5 Å². The first-order valence-electron chi connectivity index (χ1n) is 9.64. The largest absolute Gasteiger partial charge is 0.424 e. The smallest absolute Gasteiger partial charge is 0.230 e. The maximum absolute atomic E-state index is 13.0. The minimum Gasteiger partial charge on any atom is -0.424 e. The molecule has 0 aliphatic carbocycles. The van der Waals surface area contributed by atoms with E-state index >= 15 is 0 Å². The van der Waals surface area contributed by atoms with Crippen molar-refractivity contribution in [1.29, 1.82) is 0 Å². The van der Waals surface area contributed by atoms with E-state index < -0.39 is 0 Å². The highest BCUT2D eigenvalue weighted by Gasteiger charge is 2.33. The Morgan fingerprint density at radius 1 is 1.23 bits per heavy atom. The highest BCUT2D eigenvalue weighted by molar-refractivity contribution is 5.84. The molecule has 8 heteroatoms. The Morgan fingerprint density at radius 2 is 2.08 bits per heavy atom. The van der Waals surface area contributed by atoms with Crippen LogP contribution in [-0.4, -0.2) is 76.0 Å². The molecule has 1 aromatic heterocycles. The van der Waals surface area contributed by atoms with Crippen molar-refractivity contribution in [2.45, 2.75) is 46.1 Å². The van der Waals surface area contributed by atoms with E-state index in [-0.39, 0.29) is 17.7 Å². The molecule has 1 atom stereocenters. The molecule has 0 aromatic carbocycles. The lowest BCUT2D eigenvalue weighted by Gasteiger charge is -2.34. The van der Waals surface area contributed by atoms with Crippen LogP contribution in [0.3, 0.4) is 0 Å². The van der Waals surface area contributed by atoms with E-state index in [1.165, 1.54) is 0 Å². The average Bonchev–Trinajstić information content (AvgIpc) is 2.89. The lowest BCUT2D eigenvalue weighted by Crippen LogP contribution is -2.48. The summed E-state index contributed by atoms with van der Waals surface area (Å²) in [4.78, 5) is 31.0. The Balaban J connectivity index is 1.53. The molecular weight excluding hydrogens is 334 g/mol. The molecule has 2 amide bonds. The number of piperidine rings is 1. The van der Waals surface area contributed by atoms with Crippen molar-refractivity contribution in [2.75, 3.05) is 39.3 Å². The summed E-state index contributed by atoms with van der Waals surface area (Å²) < 4.78 is 5.46. The first-order chi connectivity index (χ1) is 12.6. The maximum Gasteiger partial charge on any atom is 0.230 e. The minimum atomic E-state index is -0.0515. The molecule has 0 N–H and O–H groups in total. The van der Waals surface area contributed by atoms with Gasteiger partial charge in [0.25, 0.3) is 0 Å². The van der Waals surface area contributed by atoms with Gasteiger partial charge < -0.3 is 14.2 Å². The van der Waals surface area contributed by atoms with Gasteiger partial charge in [-0.15, -0.1) is 10.2 Å². The monoisotopic (exact) mass is 363 g/mol. The van der Waals surface area contributed by atoms with Gasteiger partial charge in [0, 0.05) is 52.6 Å². The number of hydrogen-bond donors (Lipinski definition) is 0. The zero-order chi connectivity index (χ0) is 18.5. The summed E-state index contributed by atoms with van der Waals surface area (Å²) in [6.45, 7) is 9.01. The van der Waals surface area contributed by atoms with Crippen LogP contribution < -0.4 is 0 Å². The Hall–Kier alpha value is -1.96. The molecule has 2 saturated heterocycles. The molecule has 2 aliphatic rings. The molecule has 26 heavy (non-hydrogen) atoms. The standard InChI is InChI=1S/C18H29N5O3/c1-3-7-23-12-15(5-6-17(23)24)18(25)22-9-4-8-21(10-11-22)13-16-20-19-14(2)26-16/h15H,3-13H2,1-2H3. The predicted molar refractivity (Wildman–Crippen MR) is 95.1 cm³/mol. The quantitative estimate of drug-likeness (QED) is 0.778. The predicted octanol–water partition coefficient (Wildman–Crippen LogP) is 1.06. The van der Waals surface area contributed by atoms with Crippen LogP contribution in [0.4, 0.5) is 0 Å². The summed E-state index contributed by atoms with van der Waals surface area (Å²) in [5, 5.41) is 7.92. The lowest BCUT2D eigenvalue weighted by molar-refractivity contribution is -0.143. The van der Waals surface area contributed by atoms with E-state index in [0.29, 0.717) is 44.3 Å². The third-order valence-electron chi connectivity index (χ3n) is 5.17. The Bertz CT molecular complexity index is 632. The fourth-order valence-corrected chi connectivity index (χ4v) is 3.80. The molecule has 144 valence electrons. The highest BCUT2D eigenvalue weighted by Crippen LogP contribution is 2.21. The third kappa shape index (κ3) is 4.60. The highest BCUT2D eigenvalue weighted by atomic mass is 16.4. The molecule has 0 spiro atoms. The van der Waals surface area contributed by atoms with E-state index in [1.54, 1.807) is 6.92 Å². The Morgan fingerprint density at radius 3 is 2.81 bits per heavy atom. The number of rotatable bonds is 5. The van der Waals surface area contributed by atoms with Gasteiger partial charge in [0.15, 0.2) is 0 Å². The molecular formula is C18H29N5O3. The number of likely N-dealkylation sites (tertiary alicyclic amines) is 1. The molecule has 3 heterocycles. The van der Waals surface area contributed by atoms with Crippen molar-refractivity contribution in [3.8, 4) is 0 Å². The van der Waals surface area contributed by atoms with Crippen LogP contribution in [0.2, 0.25) is 0 Å². The molecule has 2 aliphatic heterocycles. The van der Waals surface area contributed by atoms with Crippen LogP contribution in [0.5, 0.6) is 0 Å². The molecule has 1 aromatic rings. The van der Waals surface area contributed by atoms with Gasteiger partial charge >= 0.3 is 0 Å². The van der Waals surface area contributed by atoms with Crippen LogP contribution in [0.1, 0.15) is 44.4 Å². The van der Waals surface area contributed by atoms with Gasteiger partial charge in [-0.1, -0.05) is 6.92 Å². The second kappa shape index (κ2) is 8.62. The first-order valence-corrected chi connectivity index (χ1v) is 9.64. The van der Waals surface area contributed by atoms with Crippen LogP contribution in [0.15, 0.2) is 4.42 Å². The number of amides is 2. The van der Waals surface area contributed by atoms with Crippen LogP contribution >= 0.6 is 0 Å². The van der Waals surface area contributed by atoms with Crippen molar-refractivity contribution in [2.24, 2.45) is 5.92 Å². The second-order valence-electron chi connectivity index (χ2n) is 7.25. The number of carbonyl (C=O) groups excluding carboxylic acids is 2. The fourth-order valence-electron chi connectivity index (χ4n) is 3.80. The number of hydrogen-bond acceptors (Lipinski definition) is 6. The summed E-state index contributed by atoms with van der Waals surface area (Å²) >= 11 is 0. The molecule has 0 radical (unpaired) electrons. The Labute approximate surface area is 154 Å². The van der Waals surface area contributed by atoms with Crippen molar-refractivity contribution in [1.82, 2.24) is 24.9 Å². The summed E-state index contributed by atoms with van der Waals surface area (Å²) in [7, 11) is 0. The van der Waals surface area contributed by atoms with Crippen molar-refractivity contribution < 1.29 is 14.0 Å². The Kier molecular flexibility index (Phi) is 6.24. The minimum absolute atomic E-state index is 0.0515. The molecule has 0 bridgehead atoms. The normalized spacial score (nSPS) is 22.5. The van der Waals surface area contributed by atoms with Gasteiger partial charge in [0.1, 0.15) is 0 Å². The summed E-state index contributed by atoms with van der Waals surface area (Å²) in [5.74, 6) is 1.55. The van der Waals surface area contributed by atoms with Gasteiger partial charge in [-0.25, -0.2) is 0 Å². The SMILES string of the molecule is CCCN1CC(C(=O)N2CCCN(Cc3nnc(C)o3)CC2)CCC1=O. The maximum atomic E-state index is 13.0. The fraction of sp³-hybridized carbons (Fsp3) is 0.778. The van der Waals surface area contributed by atoms with Gasteiger partial charge in [0.2, 0.25) is 23.6 Å². The summed E-state index contributed by atoms with van der Waals surface area (Å²) in [6.07, 6.45) is 3.04. The number of carbonyl (C=O) groups is 2. The molecule has 2 fully saturated rings. The molecule has 3 rings (SSSR count). The lowest BCUT2D eigenvalue weighted by atomic mass is 9.95. The zero-order valence-corrected chi connectivity index (χ0v) is 15.8. The van der Waals surface area contributed by atoms with Crippen LogP contribution in [-0.2, 0) is 16.1 Å². The van der Waals surface area contributed by atoms with Gasteiger partial charge in [-0.05, 0) is 19.3 Å². The topological polar surface area (TPSA) is 82.8 Å². The first kappa shape index (κ1) is 18.8. The van der Waals surface area contributed by atoms with E-state index in [1.807, 2.05) is 9.80 Å².